The highest BCUT2D eigenvalue weighted by Crippen LogP contribution is 2.33. The highest BCUT2D eigenvalue weighted by Gasteiger charge is 2.24. The van der Waals surface area contributed by atoms with E-state index in [1.54, 1.807) is 7.11 Å². The van der Waals surface area contributed by atoms with Crippen molar-refractivity contribution in [2.24, 2.45) is 0 Å². The summed E-state index contributed by atoms with van der Waals surface area (Å²) in [5.74, 6) is 0. The van der Waals surface area contributed by atoms with Gasteiger partial charge in [-0.3, -0.25) is 0 Å². The summed E-state index contributed by atoms with van der Waals surface area (Å²) >= 11 is 0. The third-order valence-electron chi connectivity index (χ3n) is 3.64. The van der Waals surface area contributed by atoms with Gasteiger partial charge in [0.05, 0.1) is 6.10 Å². The molecule has 108 valence electrons. The monoisotopic (exact) mass is 263 g/mol. The lowest BCUT2D eigenvalue weighted by Crippen LogP contribution is -2.25. The van der Waals surface area contributed by atoms with Crippen molar-refractivity contribution in [3.8, 4) is 0 Å². The van der Waals surface area contributed by atoms with Gasteiger partial charge in [0.15, 0.2) is 0 Å². The van der Waals surface area contributed by atoms with Gasteiger partial charge in [0.25, 0.3) is 0 Å². The van der Waals surface area contributed by atoms with Crippen molar-refractivity contribution in [1.82, 2.24) is 4.90 Å². The summed E-state index contributed by atoms with van der Waals surface area (Å²) in [6, 6.07) is 4.62. The van der Waals surface area contributed by atoms with Gasteiger partial charge in [-0.25, -0.2) is 0 Å². The second-order valence-electron chi connectivity index (χ2n) is 6.76. The fourth-order valence-electron chi connectivity index (χ4n) is 2.39. The van der Waals surface area contributed by atoms with Crippen LogP contribution in [-0.2, 0) is 10.2 Å². The lowest BCUT2D eigenvalue weighted by Gasteiger charge is -2.29. The predicted molar refractivity (Wildman–Crippen MR) is 82.9 cm³/mol. The van der Waals surface area contributed by atoms with E-state index in [1.807, 2.05) is 0 Å². The third kappa shape index (κ3) is 4.05. The maximum absolute atomic E-state index is 5.74. The van der Waals surface area contributed by atoms with Crippen LogP contribution in [0.5, 0.6) is 0 Å². The van der Waals surface area contributed by atoms with Crippen molar-refractivity contribution in [3.05, 3.63) is 34.4 Å². The number of hydrogen-bond acceptors (Lipinski definition) is 2. The highest BCUT2D eigenvalue weighted by molar-refractivity contribution is 5.42. The van der Waals surface area contributed by atoms with Crippen LogP contribution in [0.1, 0.15) is 49.1 Å². The van der Waals surface area contributed by atoms with Gasteiger partial charge in [-0.15, -0.1) is 0 Å². The van der Waals surface area contributed by atoms with Crippen molar-refractivity contribution >= 4 is 0 Å². The predicted octanol–water partition coefficient (Wildman–Crippen LogP) is 3.85. The normalized spacial score (nSPS) is 13.9. The van der Waals surface area contributed by atoms with Gasteiger partial charge in [0.1, 0.15) is 0 Å². The zero-order valence-corrected chi connectivity index (χ0v) is 13.8. The number of methoxy groups -OCH3 is 1. The zero-order valence-electron chi connectivity index (χ0n) is 13.8. The largest absolute Gasteiger partial charge is 0.375 e. The minimum atomic E-state index is 0.128. The molecular formula is C17H29NO. The number of rotatable bonds is 4. The van der Waals surface area contributed by atoms with Crippen molar-refractivity contribution in [1.29, 1.82) is 0 Å². The summed E-state index contributed by atoms with van der Waals surface area (Å²) in [5.41, 5.74) is 5.55. The first kappa shape index (κ1) is 16.2. The smallest absolute Gasteiger partial charge is 0.0950 e. The Morgan fingerprint density at radius 2 is 1.63 bits per heavy atom. The van der Waals surface area contributed by atoms with Gasteiger partial charge in [0.2, 0.25) is 0 Å². The molecule has 1 atom stereocenters. The Labute approximate surface area is 118 Å². The van der Waals surface area contributed by atoms with Crippen molar-refractivity contribution in [2.45, 2.75) is 46.1 Å². The lowest BCUT2D eigenvalue weighted by molar-refractivity contribution is 0.0770. The molecule has 0 saturated carbocycles. The number of aryl methyl sites for hydroxylation is 2. The molecule has 0 aliphatic rings. The number of hydrogen-bond donors (Lipinski definition) is 0. The molecule has 0 heterocycles. The molecule has 0 amide bonds. The number of ether oxygens (including phenoxy) is 1. The summed E-state index contributed by atoms with van der Waals surface area (Å²) in [6.45, 7) is 12.1. The molecule has 1 rings (SSSR count). The molecule has 1 unspecified atom stereocenters. The highest BCUT2D eigenvalue weighted by atomic mass is 16.5. The molecule has 0 saturated heterocycles. The van der Waals surface area contributed by atoms with E-state index in [1.165, 1.54) is 22.3 Å². The number of nitrogens with zero attached hydrogens (tertiary/aromatic N) is 1. The van der Waals surface area contributed by atoms with Crippen LogP contribution in [0.25, 0.3) is 0 Å². The van der Waals surface area contributed by atoms with Crippen molar-refractivity contribution in [2.75, 3.05) is 27.7 Å². The van der Waals surface area contributed by atoms with Crippen LogP contribution >= 0.6 is 0 Å². The molecule has 1 aromatic carbocycles. The number of benzene rings is 1. The molecule has 0 fully saturated rings. The fraction of sp³-hybridized carbons (Fsp3) is 0.647. The second-order valence-corrected chi connectivity index (χ2v) is 6.76. The summed E-state index contributed by atoms with van der Waals surface area (Å²) in [4.78, 5) is 2.18. The minimum Gasteiger partial charge on any atom is -0.375 e. The van der Waals surface area contributed by atoms with E-state index >= 15 is 0 Å². The van der Waals surface area contributed by atoms with E-state index in [0.29, 0.717) is 0 Å². The summed E-state index contributed by atoms with van der Waals surface area (Å²) in [6.07, 6.45) is 0.128. The van der Waals surface area contributed by atoms with E-state index in [2.05, 4.69) is 65.7 Å². The average Bonchev–Trinajstić information content (AvgIpc) is 2.27. The van der Waals surface area contributed by atoms with Crippen LogP contribution in [0.15, 0.2) is 12.1 Å². The standard InChI is InChI=1S/C17H29NO/c1-12-9-14(16(19-8)11-18(6)7)15(10-13(12)2)17(3,4)5/h9-10,16H,11H2,1-8H3. The minimum absolute atomic E-state index is 0.128. The van der Waals surface area contributed by atoms with Crippen LogP contribution in [0.4, 0.5) is 0 Å². The zero-order chi connectivity index (χ0) is 14.8. The molecule has 0 aliphatic carbocycles. The summed E-state index contributed by atoms with van der Waals surface area (Å²) < 4.78 is 5.74. The van der Waals surface area contributed by atoms with Crippen LogP contribution in [0, 0.1) is 13.8 Å². The molecule has 0 aliphatic heterocycles. The van der Waals surface area contributed by atoms with Crippen LogP contribution < -0.4 is 0 Å². The first-order valence-corrected chi connectivity index (χ1v) is 6.96. The van der Waals surface area contributed by atoms with Crippen LogP contribution in [0.2, 0.25) is 0 Å². The lowest BCUT2D eigenvalue weighted by atomic mass is 9.80. The van der Waals surface area contributed by atoms with Crippen molar-refractivity contribution < 1.29 is 4.74 Å². The van der Waals surface area contributed by atoms with E-state index < -0.39 is 0 Å². The molecule has 1 aromatic rings. The molecule has 19 heavy (non-hydrogen) atoms. The van der Waals surface area contributed by atoms with Gasteiger partial charge >= 0.3 is 0 Å². The molecule has 0 aromatic heterocycles. The summed E-state index contributed by atoms with van der Waals surface area (Å²) in [7, 11) is 5.98. The van der Waals surface area contributed by atoms with E-state index in [9.17, 15) is 0 Å². The van der Waals surface area contributed by atoms with Crippen molar-refractivity contribution in [3.63, 3.8) is 0 Å². The molecule has 2 nitrogen and oxygen atoms in total. The van der Waals surface area contributed by atoms with E-state index in [0.717, 1.165) is 6.54 Å². The molecule has 2 heteroatoms. The molecule has 0 radical (unpaired) electrons. The Hall–Kier alpha value is -0.860. The van der Waals surface area contributed by atoms with Gasteiger partial charge in [-0.2, -0.15) is 0 Å². The van der Waals surface area contributed by atoms with Gasteiger partial charge < -0.3 is 9.64 Å². The maximum atomic E-state index is 5.74. The maximum Gasteiger partial charge on any atom is 0.0950 e. The number of likely N-dealkylation sites (N-methyl/N-ethyl adjacent to an activating group) is 1. The molecule has 0 spiro atoms. The fourth-order valence-corrected chi connectivity index (χ4v) is 2.39. The van der Waals surface area contributed by atoms with E-state index in [4.69, 9.17) is 4.74 Å². The van der Waals surface area contributed by atoms with Gasteiger partial charge in [-0.05, 0) is 55.6 Å². The van der Waals surface area contributed by atoms with Gasteiger partial charge in [-0.1, -0.05) is 32.9 Å². The van der Waals surface area contributed by atoms with E-state index in [-0.39, 0.29) is 11.5 Å². The molecule has 0 N–H and O–H groups in total. The Balaban J connectivity index is 3.34. The first-order valence-electron chi connectivity index (χ1n) is 6.96. The second kappa shape index (κ2) is 6.06. The quantitative estimate of drug-likeness (QED) is 0.818. The Bertz CT molecular complexity index is 430. The average molecular weight is 263 g/mol. The molecular weight excluding hydrogens is 234 g/mol. The van der Waals surface area contributed by atoms with Crippen LogP contribution in [0.3, 0.4) is 0 Å². The third-order valence-corrected chi connectivity index (χ3v) is 3.64. The summed E-state index contributed by atoms with van der Waals surface area (Å²) in [5, 5.41) is 0. The SMILES string of the molecule is COC(CN(C)C)c1cc(C)c(C)cc1C(C)(C)C. The van der Waals surface area contributed by atoms with Gasteiger partial charge in [0, 0.05) is 13.7 Å². The Morgan fingerprint density at radius 3 is 2.05 bits per heavy atom. The topological polar surface area (TPSA) is 12.5 Å². The Morgan fingerprint density at radius 1 is 1.11 bits per heavy atom. The Kier molecular flexibility index (Phi) is 5.17. The molecule has 0 bridgehead atoms. The van der Waals surface area contributed by atoms with Crippen LogP contribution in [-0.4, -0.2) is 32.6 Å². The first-order chi connectivity index (χ1) is 8.66.